The summed E-state index contributed by atoms with van der Waals surface area (Å²) in [6.45, 7) is 3.83. The highest BCUT2D eigenvalue weighted by Gasteiger charge is 2.03. The van der Waals surface area contributed by atoms with Gasteiger partial charge < -0.3 is 4.90 Å². The van der Waals surface area contributed by atoms with Crippen LogP contribution in [0.15, 0.2) is 22.7 Å². The molecule has 0 amide bonds. The minimum absolute atomic E-state index is 0.587. The molecule has 2 nitrogen and oxygen atoms in total. The van der Waals surface area contributed by atoms with E-state index in [4.69, 9.17) is 5.26 Å². The molecule has 1 aromatic rings. The number of benzene rings is 1. The van der Waals surface area contributed by atoms with Crippen molar-refractivity contribution in [2.24, 2.45) is 0 Å². The van der Waals surface area contributed by atoms with Gasteiger partial charge in [-0.2, -0.15) is 5.26 Å². The molecule has 15 heavy (non-hydrogen) atoms. The standard InChI is InChI=1S/C12H15BrN2/c1-10-4-5-12(13)8-11(10)9-15(2)7-3-6-14/h4-5,8H,3,7,9H2,1-2H3. The monoisotopic (exact) mass is 266 g/mol. The average molecular weight is 267 g/mol. The number of nitriles is 1. The third-order valence-electron chi connectivity index (χ3n) is 2.36. The molecule has 0 unspecified atom stereocenters. The number of nitrogens with zero attached hydrogens (tertiary/aromatic N) is 2. The molecule has 80 valence electrons. The van der Waals surface area contributed by atoms with E-state index in [0.29, 0.717) is 6.42 Å². The molecule has 1 aromatic carbocycles. The summed E-state index contributed by atoms with van der Waals surface area (Å²) in [7, 11) is 2.04. The fourth-order valence-corrected chi connectivity index (χ4v) is 1.83. The Kier molecular flexibility index (Phi) is 4.80. The second-order valence-electron chi connectivity index (χ2n) is 3.72. The lowest BCUT2D eigenvalue weighted by atomic mass is 10.1. The molecular weight excluding hydrogens is 252 g/mol. The van der Waals surface area contributed by atoms with Crippen LogP contribution in [-0.2, 0) is 6.54 Å². The van der Waals surface area contributed by atoms with E-state index in [1.165, 1.54) is 11.1 Å². The lowest BCUT2D eigenvalue weighted by molar-refractivity contribution is 0.334. The van der Waals surface area contributed by atoms with Crippen molar-refractivity contribution in [2.75, 3.05) is 13.6 Å². The van der Waals surface area contributed by atoms with Crippen LogP contribution in [0.25, 0.3) is 0 Å². The van der Waals surface area contributed by atoms with E-state index in [-0.39, 0.29) is 0 Å². The zero-order chi connectivity index (χ0) is 11.3. The maximum absolute atomic E-state index is 8.50. The van der Waals surface area contributed by atoms with Crippen LogP contribution in [0.2, 0.25) is 0 Å². The van der Waals surface area contributed by atoms with Crippen LogP contribution in [0.3, 0.4) is 0 Å². The molecule has 0 heterocycles. The zero-order valence-electron chi connectivity index (χ0n) is 9.13. The van der Waals surface area contributed by atoms with E-state index in [1.807, 2.05) is 13.1 Å². The van der Waals surface area contributed by atoms with Crippen LogP contribution >= 0.6 is 15.9 Å². The second-order valence-corrected chi connectivity index (χ2v) is 4.63. The highest BCUT2D eigenvalue weighted by Crippen LogP contribution is 2.17. The topological polar surface area (TPSA) is 27.0 Å². The highest BCUT2D eigenvalue weighted by atomic mass is 79.9. The summed E-state index contributed by atoms with van der Waals surface area (Å²) in [6, 6.07) is 8.45. The minimum Gasteiger partial charge on any atom is -0.301 e. The third-order valence-corrected chi connectivity index (χ3v) is 2.85. The van der Waals surface area contributed by atoms with Gasteiger partial charge in [-0.1, -0.05) is 22.0 Å². The lowest BCUT2D eigenvalue weighted by Crippen LogP contribution is -2.19. The van der Waals surface area contributed by atoms with Crippen molar-refractivity contribution in [3.63, 3.8) is 0 Å². The molecule has 1 rings (SSSR count). The summed E-state index contributed by atoms with van der Waals surface area (Å²) in [5.74, 6) is 0. The van der Waals surface area contributed by atoms with Crippen molar-refractivity contribution in [2.45, 2.75) is 19.9 Å². The molecule has 0 aromatic heterocycles. The van der Waals surface area contributed by atoms with E-state index in [9.17, 15) is 0 Å². The third kappa shape index (κ3) is 4.03. The number of aryl methyl sites for hydroxylation is 1. The largest absolute Gasteiger partial charge is 0.301 e. The van der Waals surface area contributed by atoms with Crippen LogP contribution in [-0.4, -0.2) is 18.5 Å². The molecule has 0 bridgehead atoms. The Labute approximate surface area is 99.6 Å². The quantitative estimate of drug-likeness (QED) is 0.838. The van der Waals surface area contributed by atoms with Crippen molar-refractivity contribution in [3.05, 3.63) is 33.8 Å². The lowest BCUT2D eigenvalue weighted by Gasteiger charge is -2.16. The Morgan fingerprint density at radius 1 is 1.47 bits per heavy atom. The molecule has 0 aliphatic carbocycles. The maximum Gasteiger partial charge on any atom is 0.0635 e. The molecule has 0 aliphatic heterocycles. The van der Waals surface area contributed by atoms with Gasteiger partial charge in [-0.05, 0) is 37.2 Å². The Morgan fingerprint density at radius 3 is 2.87 bits per heavy atom. The summed E-state index contributed by atoms with van der Waals surface area (Å²) < 4.78 is 1.11. The van der Waals surface area contributed by atoms with Gasteiger partial charge in [0.05, 0.1) is 6.07 Å². The maximum atomic E-state index is 8.50. The molecule has 0 radical (unpaired) electrons. The number of hydrogen-bond donors (Lipinski definition) is 0. The van der Waals surface area contributed by atoms with Crippen LogP contribution in [0.5, 0.6) is 0 Å². The predicted molar refractivity (Wildman–Crippen MR) is 65.4 cm³/mol. The van der Waals surface area contributed by atoms with E-state index in [1.54, 1.807) is 0 Å². The molecule has 3 heteroatoms. The summed E-state index contributed by atoms with van der Waals surface area (Å²) in [6.07, 6.45) is 0.587. The molecule has 0 saturated carbocycles. The number of rotatable bonds is 4. The van der Waals surface area contributed by atoms with Gasteiger partial charge in [-0.3, -0.25) is 0 Å². The summed E-state index contributed by atoms with van der Waals surface area (Å²) in [5.41, 5.74) is 2.60. The number of halogens is 1. The zero-order valence-corrected chi connectivity index (χ0v) is 10.7. The van der Waals surface area contributed by atoms with Crippen LogP contribution in [0.1, 0.15) is 17.5 Å². The van der Waals surface area contributed by atoms with Crippen molar-refractivity contribution in [1.82, 2.24) is 4.90 Å². The first-order valence-corrected chi connectivity index (χ1v) is 5.73. The second kappa shape index (κ2) is 5.89. The molecule has 0 aliphatic rings. The van der Waals surface area contributed by atoms with Gasteiger partial charge >= 0.3 is 0 Å². The summed E-state index contributed by atoms with van der Waals surface area (Å²) in [4.78, 5) is 2.16. The fraction of sp³-hybridized carbons (Fsp3) is 0.417. The minimum atomic E-state index is 0.587. The molecule has 0 saturated heterocycles. The van der Waals surface area contributed by atoms with Crippen molar-refractivity contribution in [3.8, 4) is 6.07 Å². The van der Waals surface area contributed by atoms with Crippen molar-refractivity contribution < 1.29 is 0 Å². The van der Waals surface area contributed by atoms with Gasteiger partial charge in [-0.25, -0.2) is 0 Å². The van der Waals surface area contributed by atoms with Crippen LogP contribution < -0.4 is 0 Å². The van der Waals surface area contributed by atoms with Gasteiger partial charge in [0.2, 0.25) is 0 Å². The van der Waals surface area contributed by atoms with Gasteiger partial charge in [-0.15, -0.1) is 0 Å². The molecule has 0 atom stereocenters. The summed E-state index contributed by atoms with van der Waals surface area (Å²) in [5, 5.41) is 8.50. The Hall–Kier alpha value is -0.850. The first-order valence-electron chi connectivity index (χ1n) is 4.94. The van der Waals surface area contributed by atoms with Gasteiger partial charge in [0.25, 0.3) is 0 Å². The van der Waals surface area contributed by atoms with Crippen molar-refractivity contribution >= 4 is 15.9 Å². The Morgan fingerprint density at radius 2 is 2.20 bits per heavy atom. The van der Waals surface area contributed by atoms with E-state index < -0.39 is 0 Å². The fourth-order valence-electron chi connectivity index (χ4n) is 1.42. The van der Waals surface area contributed by atoms with E-state index in [0.717, 1.165) is 17.6 Å². The van der Waals surface area contributed by atoms with Gasteiger partial charge in [0.1, 0.15) is 0 Å². The average Bonchev–Trinajstić information content (AvgIpc) is 2.20. The molecular formula is C12H15BrN2. The molecule has 0 spiro atoms. The number of hydrogen-bond acceptors (Lipinski definition) is 2. The molecule has 0 N–H and O–H groups in total. The summed E-state index contributed by atoms with van der Waals surface area (Å²) >= 11 is 3.47. The van der Waals surface area contributed by atoms with Crippen molar-refractivity contribution in [1.29, 1.82) is 5.26 Å². The first kappa shape index (κ1) is 12.2. The first-order chi connectivity index (χ1) is 7.13. The predicted octanol–water partition coefficient (Wildman–Crippen LogP) is 3.10. The molecule has 0 fully saturated rings. The SMILES string of the molecule is Cc1ccc(Br)cc1CN(C)CCC#N. The highest BCUT2D eigenvalue weighted by molar-refractivity contribution is 9.10. The van der Waals surface area contributed by atoms with Crippen LogP contribution in [0.4, 0.5) is 0 Å². The Bertz CT molecular complexity index is 368. The van der Waals surface area contributed by atoms with E-state index >= 15 is 0 Å². The Balaban J connectivity index is 2.64. The van der Waals surface area contributed by atoms with Gasteiger partial charge in [0, 0.05) is 24.0 Å². The van der Waals surface area contributed by atoms with E-state index in [2.05, 4.69) is 46.0 Å². The van der Waals surface area contributed by atoms with Crippen LogP contribution in [0, 0.1) is 18.3 Å². The normalized spacial score (nSPS) is 10.3. The smallest absolute Gasteiger partial charge is 0.0635 e. The van der Waals surface area contributed by atoms with Gasteiger partial charge in [0.15, 0.2) is 0 Å².